The van der Waals surface area contributed by atoms with Gasteiger partial charge >= 0.3 is 0 Å². The van der Waals surface area contributed by atoms with Crippen LogP contribution in [0.25, 0.3) is 0 Å². The summed E-state index contributed by atoms with van der Waals surface area (Å²) in [6.07, 6.45) is 16.0. The summed E-state index contributed by atoms with van der Waals surface area (Å²) >= 11 is 0. The summed E-state index contributed by atoms with van der Waals surface area (Å²) < 4.78 is 0. The van der Waals surface area contributed by atoms with Crippen LogP contribution in [-0.2, 0) is 0 Å². The van der Waals surface area contributed by atoms with Crippen molar-refractivity contribution in [3.63, 3.8) is 0 Å². The minimum Gasteiger partial charge on any atom is -0.356 e. The third-order valence-electron chi connectivity index (χ3n) is 3.95. The second kappa shape index (κ2) is 9.29. The van der Waals surface area contributed by atoms with Crippen LogP contribution in [0.5, 0.6) is 0 Å². The zero-order valence-electron chi connectivity index (χ0n) is 12.7. The second-order valence-corrected chi connectivity index (χ2v) is 5.53. The zero-order chi connectivity index (χ0) is 13.2. The van der Waals surface area contributed by atoms with Crippen LogP contribution in [0.2, 0.25) is 0 Å². The highest BCUT2D eigenvalue weighted by Gasteiger charge is 2.20. The molecule has 0 spiro atoms. The molecular formula is C16H32N2. The molecule has 0 aliphatic carbocycles. The van der Waals surface area contributed by atoms with Gasteiger partial charge in [0.25, 0.3) is 0 Å². The van der Waals surface area contributed by atoms with Gasteiger partial charge in [0.05, 0.1) is 6.17 Å². The Morgan fingerprint density at radius 1 is 0.722 bits per heavy atom. The predicted molar refractivity (Wildman–Crippen MR) is 80.3 cm³/mol. The number of nitrogens with zero attached hydrogens (tertiary/aromatic N) is 2. The molecule has 1 rings (SSSR count). The van der Waals surface area contributed by atoms with E-state index in [-0.39, 0.29) is 0 Å². The van der Waals surface area contributed by atoms with Gasteiger partial charge in [-0.25, -0.2) is 0 Å². The highest BCUT2D eigenvalue weighted by atomic mass is 15.4. The number of rotatable bonds is 10. The summed E-state index contributed by atoms with van der Waals surface area (Å²) in [7, 11) is 0. The summed E-state index contributed by atoms with van der Waals surface area (Å²) in [6, 6.07) is 0. The number of hydrogen-bond acceptors (Lipinski definition) is 2. The van der Waals surface area contributed by atoms with Gasteiger partial charge in [0.15, 0.2) is 0 Å². The smallest absolute Gasteiger partial charge is 0.0977 e. The lowest BCUT2D eigenvalue weighted by atomic mass is 10.2. The minimum atomic E-state index is 0.577. The van der Waals surface area contributed by atoms with E-state index >= 15 is 0 Å². The third-order valence-corrected chi connectivity index (χ3v) is 3.95. The Kier molecular flexibility index (Phi) is 7.95. The van der Waals surface area contributed by atoms with E-state index in [9.17, 15) is 0 Å². The Labute approximate surface area is 114 Å². The van der Waals surface area contributed by atoms with E-state index in [1.165, 1.54) is 64.5 Å². The first-order chi connectivity index (χ1) is 8.79. The molecule has 106 valence electrons. The van der Waals surface area contributed by atoms with Crippen molar-refractivity contribution in [1.82, 2.24) is 9.80 Å². The van der Waals surface area contributed by atoms with Crippen molar-refractivity contribution in [3.8, 4) is 0 Å². The molecule has 0 aromatic carbocycles. The standard InChI is InChI=1S/C16H32N2/c1-4-6-8-10-12-17-14-15-18(16(17)3)13-11-9-7-5-2/h14-16H,4-13H2,1-3H3. The molecule has 0 saturated carbocycles. The van der Waals surface area contributed by atoms with Crippen LogP contribution in [0.1, 0.15) is 72.1 Å². The molecule has 2 heteroatoms. The van der Waals surface area contributed by atoms with Crippen molar-refractivity contribution in [3.05, 3.63) is 12.4 Å². The van der Waals surface area contributed by atoms with E-state index < -0.39 is 0 Å². The molecule has 0 aromatic rings. The monoisotopic (exact) mass is 252 g/mol. The van der Waals surface area contributed by atoms with Gasteiger partial charge in [0, 0.05) is 25.5 Å². The lowest BCUT2D eigenvalue weighted by Crippen LogP contribution is -2.36. The van der Waals surface area contributed by atoms with Gasteiger partial charge in [-0.1, -0.05) is 52.4 Å². The molecule has 0 atom stereocenters. The minimum absolute atomic E-state index is 0.577. The lowest BCUT2D eigenvalue weighted by Gasteiger charge is -2.29. The fraction of sp³-hybridized carbons (Fsp3) is 0.875. The van der Waals surface area contributed by atoms with E-state index in [2.05, 4.69) is 43.0 Å². The fourth-order valence-electron chi connectivity index (χ4n) is 2.58. The number of hydrogen-bond donors (Lipinski definition) is 0. The second-order valence-electron chi connectivity index (χ2n) is 5.53. The average molecular weight is 252 g/mol. The summed E-state index contributed by atoms with van der Waals surface area (Å²) in [5, 5.41) is 0. The van der Waals surface area contributed by atoms with Gasteiger partial charge < -0.3 is 9.80 Å². The Morgan fingerprint density at radius 2 is 1.17 bits per heavy atom. The normalized spacial score (nSPS) is 15.9. The van der Waals surface area contributed by atoms with Gasteiger partial charge in [0.1, 0.15) is 0 Å². The predicted octanol–water partition coefficient (Wildman–Crippen LogP) is 4.58. The fourth-order valence-corrected chi connectivity index (χ4v) is 2.58. The van der Waals surface area contributed by atoms with E-state index in [1.807, 2.05) is 0 Å². The summed E-state index contributed by atoms with van der Waals surface area (Å²) in [6.45, 7) is 9.33. The molecule has 0 saturated heterocycles. The van der Waals surface area contributed by atoms with Crippen molar-refractivity contribution in [2.24, 2.45) is 0 Å². The maximum absolute atomic E-state index is 2.50. The Hall–Kier alpha value is -0.660. The van der Waals surface area contributed by atoms with Gasteiger partial charge in [0.2, 0.25) is 0 Å². The maximum Gasteiger partial charge on any atom is 0.0977 e. The topological polar surface area (TPSA) is 6.48 Å². The van der Waals surface area contributed by atoms with Crippen LogP contribution in [0.15, 0.2) is 12.4 Å². The van der Waals surface area contributed by atoms with E-state index in [0.717, 1.165) is 0 Å². The van der Waals surface area contributed by atoms with Gasteiger partial charge in [-0.05, 0) is 19.8 Å². The SMILES string of the molecule is CCCCCCN1C=CN(CCCCCC)C1C. The Bertz CT molecular complexity index is 203. The molecule has 1 aliphatic rings. The third kappa shape index (κ3) is 5.32. The Balaban J connectivity index is 2.12. The van der Waals surface area contributed by atoms with E-state index in [4.69, 9.17) is 0 Å². The molecular weight excluding hydrogens is 220 g/mol. The first kappa shape index (κ1) is 15.4. The van der Waals surface area contributed by atoms with Crippen molar-refractivity contribution in [1.29, 1.82) is 0 Å². The zero-order valence-corrected chi connectivity index (χ0v) is 12.7. The molecule has 18 heavy (non-hydrogen) atoms. The molecule has 0 bridgehead atoms. The van der Waals surface area contributed by atoms with Crippen LogP contribution in [0.4, 0.5) is 0 Å². The Morgan fingerprint density at radius 3 is 1.56 bits per heavy atom. The maximum atomic E-state index is 2.50. The summed E-state index contributed by atoms with van der Waals surface area (Å²) in [5.74, 6) is 0. The molecule has 0 radical (unpaired) electrons. The highest BCUT2D eigenvalue weighted by Crippen LogP contribution is 2.17. The average Bonchev–Trinajstić information content (AvgIpc) is 2.72. The molecule has 0 amide bonds. The van der Waals surface area contributed by atoms with Crippen molar-refractivity contribution < 1.29 is 0 Å². The number of unbranched alkanes of at least 4 members (excludes halogenated alkanes) is 6. The van der Waals surface area contributed by atoms with Crippen molar-refractivity contribution in [2.75, 3.05) is 13.1 Å². The molecule has 0 fully saturated rings. The van der Waals surface area contributed by atoms with E-state index in [1.54, 1.807) is 0 Å². The van der Waals surface area contributed by atoms with Crippen molar-refractivity contribution in [2.45, 2.75) is 78.3 Å². The molecule has 2 nitrogen and oxygen atoms in total. The van der Waals surface area contributed by atoms with Gasteiger partial charge in [-0.2, -0.15) is 0 Å². The van der Waals surface area contributed by atoms with Crippen LogP contribution in [-0.4, -0.2) is 29.1 Å². The van der Waals surface area contributed by atoms with E-state index in [0.29, 0.717) is 6.17 Å². The molecule has 1 aliphatic heterocycles. The summed E-state index contributed by atoms with van der Waals surface area (Å²) in [5.41, 5.74) is 0. The van der Waals surface area contributed by atoms with Crippen LogP contribution in [0, 0.1) is 0 Å². The molecule has 0 N–H and O–H groups in total. The van der Waals surface area contributed by atoms with Gasteiger partial charge in [-0.3, -0.25) is 0 Å². The van der Waals surface area contributed by atoms with Gasteiger partial charge in [-0.15, -0.1) is 0 Å². The highest BCUT2D eigenvalue weighted by molar-refractivity contribution is 4.95. The summed E-state index contributed by atoms with van der Waals surface area (Å²) in [4.78, 5) is 4.99. The molecule has 0 aromatic heterocycles. The van der Waals surface area contributed by atoms with Crippen LogP contribution < -0.4 is 0 Å². The first-order valence-corrected chi connectivity index (χ1v) is 7.99. The van der Waals surface area contributed by atoms with Crippen molar-refractivity contribution >= 4 is 0 Å². The largest absolute Gasteiger partial charge is 0.356 e. The first-order valence-electron chi connectivity index (χ1n) is 7.99. The van der Waals surface area contributed by atoms with Crippen LogP contribution >= 0.6 is 0 Å². The molecule has 1 heterocycles. The lowest BCUT2D eigenvalue weighted by molar-refractivity contribution is 0.165. The van der Waals surface area contributed by atoms with Crippen LogP contribution in [0.3, 0.4) is 0 Å². The quantitative estimate of drug-likeness (QED) is 0.525. The molecule has 0 unspecified atom stereocenters.